The maximum Gasteiger partial charge on any atom is 0.301 e. The Balaban J connectivity index is 1.66. The molecule has 2 heterocycles. The van der Waals surface area contributed by atoms with Crippen LogP contribution in [0.25, 0.3) is 11.0 Å². The van der Waals surface area contributed by atoms with Gasteiger partial charge in [0.2, 0.25) is 0 Å². The van der Waals surface area contributed by atoms with Crippen LogP contribution in [0.4, 0.5) is 15.9 Å². The summed E-state index contributed by atoms with van der Waals surface area (Å²) in [4.78, 5) is 24.6. The van der Waals surface area contributed by atoms with Gasteiger partial charge < -0.3 is 10.3 Å². The van der Waals surface area contributed by atoms with E-state index in [-0.39, 0.29) is 23.4 Å². The van der Waals surface area contributed by atoms with E-state index in [2.05, 4.69) is 25.0 Å². The predicted octanol–water partition coefficient (Wildman–Crippen LogP) is 3.15. The minimum atomic E-state index is -3.94. The van der Waals surface area contributed by atoms with Gasteiger partial charge in [0, 0.05) is 26.3 Å². The molecule has 0 unspecified atom stereocenters. The van der Waals surface area contributed by atoms with Crippen molar-refractivity contribution in [1.82, 2.24) is 19.3 Å². The summed E-state index contributed by atoms with van der Waals surface area (Å²) in [6, 6.07) is 4.03. The monoisotopic (exact) mass is 460 g/mol. The van der Waals surface area contributed by atoms with E-state index >= 15 is 4.39 Å². The van der Waals surface area contributed by atoms with E-state index in [1.54, 1.807) is 6.92 Å². The highest BCUT2D eigenvalue weighted by atomic mass is 32.2. The van der Waals surface area contributed by atoms with Gasteiger partial charge in [0.25, 0.3) is 0 Å². The second-order valence-electron chi connectivity index (χ2n) is 7.82. The van der Waals surface area contributed by atoms with Gasteiger partial charge in [0.15, 0.2) is 11.6 Å². The molecule has 0 bridgehead atoms. The lowest BCUT2D eigenvalue weighted by atomic mass is 10.0. The van der Waals surface area contributed by atoms with Crippen molar-refractivity contribution < 1.29 is 17.6 Å². The largest absolute Gasteiger partial charge is 0.369 e. The van der Waals surface area contributed by atoms with Crippen molar-refractivity contribution in [2.45, 2.75) is 26.2 Å². The van der Waals surface area contributed by atoms with Crippen LogP contribution < -0.4 is 10.0 Å². The summed E-state index contributed by atoms with van der Waals surface area (Å²) in [7, 11) is -2.57. The Morgan fingerprint density at radius 3 is 2.78 bits per heavy atom. The number of ketones is 1. The molecule has 2 aromatic heterocycles. The molecule has 32 heavy (non-hydrogen) atoms. The Morgan fingerprint density at radius 2 is 2.06 bits per heavy atom. The fraction of sp³-hybridized carbons (Fsp3) is 0.381. The highest BCUT2D eigenvalue weighted by Gasteiger charge is 2.25. The summed E-state index contributed by atoms with van der Waals surface area (Å²) in [5.41, 5.74) is 0.117. The molecule has 0 saturated heterocycles. The number of halogens is 1. The molecule has 0 radical (unpaired) electrons. The summed E-state index contributed by atoms with van der Waals surface area (Å²) in [6.45, 7) is 2.58. The summed E-state index contributed by atoms with van der Waals surface area (Å²) in [5.74, 6) is -0.305. The van der Waals surface area contributed by atoms with Crippen LogP contribution >= 0.6 is 0 Å². The number of H-pyrrole nitrogens is 1. The van der Waals surface area contributed by atoms with Gasteiger partial charge in [-0.2, -0.15) is 12.7 Å². The van der Waals surface area contributed by atoms with Gasteiger partial charge in [0.05, 0.1) is 22.2 Å². The number of aromatic amines is 1. The van der Waals surface area contributed by atoms with E-state index in [4.69, 9.17) is 0 Å². The number of benzene rings is 1. The highest BCUT2D eigenvalue weighted by molar-refractivity contribution is 7.90. The second-order valence-corrected chi connectivity index (χ2v) is 9.60. The average molecular weight is 461 g/mol. The van der Waals surface area contributed by atoms with Crippen LogP contribution in [-0.4, -0.2) is 53.6 Å². The molecule has 0 spiro atoms. The van der Waals surface area contributed by atoms with Crippen LogP contribution in [-0.2, 0) is 10.2 Å². The minimum Gasteiger partial charge on any atom is -0.369 e. The Hall–Kier alpha value is -3.05. The standard InChI is InChI=1S/C21H25FN6O3S/c1-3-28(2)32(30,31)27-16-6-4-5-14(18(16)22)19(29)15-11-24-21-17(15)20(25-12-26-21)23-10-9-13-7-8-13/h4-6,11-13,27H,3,7-10H2,1-2H3,(H2,23,24,25,26). The van der Waals surface area contributed by atoms with E-state index < -0.39 is 21.8 Å². The Labute approximate surface area is 185 Å². The van der Waals surface area contributed by atoms with Gasteiger partial charge >= 0.3 is 10.2 Å². The predicted molar refractivity (Wildman–Crippen MR) is 120 cm³/mol. The molecular formula is C21H25FN6O3S. The maximum atomic E-state index is 15.2. The van der Waals surface area contributed by atoms with Gasteiger partial charge in [-0.3, -0.25) is 9.52 Å². The topological polar surface area (TPSA) is 120 Å². The van der Waals surface area contributed by atoms with Gasteiger partial charge in [-0.05, 0) is 24.5 Å². The number of hydrogen-bond acceptors (Lipinski definition) is 6. The Morgan fingerprint density at radius 1 is 1.28 bits per heavy atom. The molecule has 1 saturated carbocycles. The minimum absolute atomic E-state index is 0.208. The number of nitrogens with zero attached hydrogens (tertiary/aromatic N) is 3. The molecule has 3 N–H and O–H groups in total. The smallest absolute Gasteiger partial charge is 0.301 e. The van der Waals surface area contributed by atoms with Crippen molar-refractivity contribution in [2.24, 2.45) is 5.92 Å². The first kappa shape index (κ1) is 22.2. The third-order valence-corrected chi connectivity index (χ3v) is 7.15. The fourth-order valence-corrected chi connectivity index (χ4v) is 4.33. The molecule has 0 aliphatic heterocycles. The van der Waals surface area contributed by atoms with Gasteiger partial charge in [0.1, 0.15) is 17.8 Å². The van der Waals surface area contributed by atoms with Crippen LogP contribution in [0.1, 0.15) is 42.1 Å². The van der Waals surface area contributed by atoms with Crippen molar-refractivity contribution in [1.29, 1.82) is 0 Å². The zero-order valence-corrected chi connectivity index (χ0v) is 18.7. The van der Waals surface area contributed by atoms with Gasteiger partial charge in [-0.1, -0.05) is 25.8 Å². The fourth-order valence-electron chi connectivity index (χ4n) is 3.40. The number of nitrogens with one attached hydrogen (secondary N) is 3. The molecule has 170 valence electrons. The van der Waals surface area contributed by atoms with Crippen molar-refractivity contribution in [3.8, 4) is 0 Å². The molecule has 9 nitrogen and oxygen atoms in total. The number of hydrogen-bond donors (Lipinski definition) is 3. The third kappa shape index (κ3) is 4.44. The maximum absolute atomic E-state index is 15.2. The summed E-state index contributed by atoms with van der Waals surface area (Å²) in [5, 5.41) is 3.73. The zero-order valence-electron chi connectivity index (χ0n) is 17.9. The van der Waals surface area contributed by atoms with Crippen molar-refractivity contribution in [2.75, 3.05) is 30.2 Å². The zero-order chi connectivity index (χ0) is 22.9. The van der Waals surface area contributed by atoms with Crippen LogP contribution in [0.15, 0.2) is 30.7 Å². The number of carbonyl (C=O) groups is 1. The van der Waals surface area contributed by atoms with Crippen molar-refractivity contribution in [3.63, 3.8) is 0 Å². The number of carbonyl (C=O) groups excluding carboxylic acids is 1. The van der Waals surface area contributed by atoms with Gasteiger partial charge in [-0.15, -0.1) is 0 Å². The molecule has 3 aromatic rings. The van der Waals surface area contributed by atoms with E-state index in [0.29, 0.717) is 23.4 Å². The van der Waals surface area contributed by atoms with Crippen LogP contribution in [0.5, 0.6) is 0 Å². The SMILES string of the molecule is CCN(C)S(=O)(=O)Nc1cccc(C(=O)c2c[nH]c3ncnc(NCCC4CC4)c23)c1F. The van der Waals surface area contributed by atoms with Gasteiger partial charge in [-0.25, -0.2) is 14.4 Å². The van der Waals surface area contributed by atoms with E-state index in [0.717, 1.165) is 16.6 Å². The molecular weight excluding hydrogens is 435 g/mol. The summed E-state index contributed by atoms with van der Waals surface area (Å²) < 4.78 is 43.0. The van der Waals surface area contributed by atoms with E-state index in [9.17, 15) is 13.2 Å². The second kappa shape index (κ2) is 8.83. The number of anilines is 2. The number of rotatable bonds is 10. The Bertz CT molecular complexity index is 1260. The molecule has 1 aromatic carbocycles. The number of aromatic nitrogens is 3. The first-order valence-electron chi connectivity index (χ1n) is 10.4. The third-order valence-electron chi connectivity index (χ3n) is 5.59. The molecule has 1 aliphatic rings. The molecule has 11 heteroatoms. The van der Waals surface area contributed by atoms with Crippen LogP contribution in [0.2, 0.25) is 0 Å². The van der Waals surface area contributed by atoms with Crippen LogP contribution in [0.3, 0.4) is 0 Å². The lowest BCUT2D eigenvalue weighted by molar-refractivity contribution is 0.103. The van der Waals surface area contributed by atoms with Crippen LogP contribution in [0, 0.1) is 11.7 Å². The first-order chi connectivity index (χ1) is 15.3. The van der Waals surface area contributed by atoms with Crippen molar-refractivity contribution in [3.05, 3.63) is 47.7 Å². The highest BCUT2D eigenvalue weighted by Crippen LogP contribution is 2.33. The molecule has 0 amide bonds. The molecule has 1 fully saturated rings. The molecule has 0 atom stereocenters. The Kier molecular flexibility index (Phi) is 6.11. The van der Waals surface area contributed by atoms with E-state index in [1.807, 2.05) is 0 Å². The molecule has 4 rings (SSSR count). The quantitative estimate of drug-likeness (QED) is 0.400. The first-order valence-corrected chi connectivity index (χ1v) is 11.9. The average Bonchev–Trinajstić information content (AvgIpc) is 3.50. The lowest BCUT2D eigenvalue weighted by Crippen LogP contribution is -2.32. The van der Waals surface area contributed by atoms with E-state index in [1.165, 1.54) is 50.6 Å². The molecule has 1 aliphatic carbocycles. The lowest BCUT2D eigenvalue weighted by Gasteiger charge is -2.17. The summed E-state index contributed by atoms with van der Waals surface area (Å²) in [6.07, 6.45) is 6.36. The normalized spacial score (nSPS) is 14.1. The van der Waals surface area contributed by atoms with Crippen molar-refractivity contribution >= 4 is 38.5 Å². The summed E-state index contributed by atoms with van der Waals surface area (Å²) >= 11 is 0. The number of fused-ring (bicyclic) bond motifs is 1.